The van der Waals surface area contributed by atoms with Crippen molar-refractivity contribution in [1.29, 1.82) is 0 Å². The number of esters is 1. The molecule has 0 radical (unpaired) electrons. The number of amides is 2. The van der Waals surface area contributed by atoms with Gasteiger partial charge in [-0.05, 0) is 24.7 Å². The summed E-state index contributed by atoms with van der Waals surface area (Å²) >= 11 is 0. The zero-order valence-electron chi connectivity index (χ0n) is 14.9. The first-order valence-corrected chi connectivity index (χ1v) is 8.73. The van der Waals surface area contributed by atoms with Gasteiger partial charge >= 0.3 is 11.9 Å². The molecule has 2 fully saturated rings. The van der Waals surface area contributed by atoms with E-state index in [9.17, 15) is 24.3 Å². The van der Waals surface area contributed by atoms with Crippen molar-refractivity contribution < 1.29 is 29.0 Å². The number of carboxylic acid groups (broad SMARTS) is 1. The van der Waals surface area contributed by atoms with E-state index >= 15 is 0 Å². The number of carbonyl (C=O) groups excluding carboxylic acids is 3. The molecular weight excluding hydrogens is 340 g/mol. The van der Waals surface area contributed by atoms with Crippen LogP contribution >= 0.6 is 0 Å². The predicted molar refractivity (Wildman–Crippen MR) is 90.5 cm³/mol. The summed E-state index contributed by atoms with van der Waals surface area (Å²) in [6.45, 7) is 3.60. The molecule has 2 amide bonds. The monoisotopic (exact) mass is 364 g/mol. The van der Waals surface area contributed by atoms with Crippen LogP contribution in [0.5, 0.6) is 0 Å². The molecule has 0 aromatic rings. The molecule has 1 aliphatic heterocycles. The molecule has 1 saturated heterocycles. The van der Waals surface area contributed by atoms with Crippen LogP contribution in [0.15, 0.2) is 0 Å². The van der Waals surface area contributed by atoms with Crippen molar-refractivity contribution in [1.82, 2.24) is 10.6 Å². The lowest BCUT2D eigenvalue weighted by Crippen LogP contribution is -2.60. The highest BCUT2D eigenvalue weighted by Crippen LogP contribution is 2.30. The third-order valence-corrected chi connectivity index (χ3v) is 4.96. The minimum Gasteiger partial charge on any atom is -0.480 e. The van der Waals surface area contributed by atoms with E-state index in [0.717, 1.165) is 19.3 Å². The van der Waals surface area contributed by atoms with Gasteiger partial charge in [0, 0.05) is 6.42 Å². The Morgan fingerprint density at radius 3 is 2.38 bits per heavy atom. The smallest absolute Gasteiger partial charge is 0.326 e. The second-order valence-electron chi connectivity index (χ2n) is 7.11. The number of hydrogen-bond acceptors (Lipinski definition) is 5. The summed E-state index contributed by atoms with van der Waals surface area (Å²) in [4.78, 5) is 47.7. The number of terminal acetylenes is 1. The minimum absolute atomic E-state index is 0.0816. The fraction of sp³-hybridized carbons (Fsp3) is 0.667. The normalized spacial score (nSPS) is 24.3. The lowest BCUT2D eigenvalue weighted by molar-refractivity contribution is -0.192. The molecular formula is C18H24N2O6. The topological polar surface area (TPSA) is 122 Å². The zero-order valence-corrected chi connectivity index (χ0v) is 14.9. The van der Waals surface area contributed by atoms with Crippen molar-refractivity contribution >= 4 is 23.8 Å². The zero-order chi connectivity index (χ0) is 19.4. The molecule has 1 heterocycles. The Labute approximate surface area is 152 Å². The lowest BCUT2D eigenvalue weighted by Gasteiger charge is -2.37. The number of nitrogens with one attached hydrogen (secondary N) is 2. The summed E-state index contributed by atoms with van der Waals surface area (Å²) in [5, 5.41) is 14.3. The van der Waals surface area contributed by atoms with Gasteiger partial charge < -0.3 is 20.5 Å². The van der Waals surface area contributed by atoms with E-state index in [1.54, 1.807) is 13.8 Å². The molecule has 142 valence electrons. The highest BCUT2D eigenvalue weighted by Gasteiger charge is 2.49. The van der Waals surface area contributed by atoms with Gasteiger partial charge in [-0.1, -0.05) is 20.3 Å². The van der Waals surface area contributed by atoms with E-state index in [0.29, 0.717) is 0 Å². The van der Waals surface area contributed by atoms with E-state index in [1.165, 1.54) is 0 Å². The molecule has 1 aliphatic carbocycles. The highest BCUT2D eigenvalue weighted by atomic mass is 16.6. The number of cyclic esters (lactones) is 1. The molecule has 26 heavy (non-hydrogen) atoms. The van der Waals surface area contributed by atoms with Gasteiger partial charge in [0.15, 0.2) is 6.10 Å². The third-order valence-electron chi connectivity index (χ3n) is 4.96. The molecule has 8 heteroatoms. The first-order valence-electron chi connectivity index (χ1n) is 8.73. The van der Waals surface area contributed by atoms with E-state index in [4.69, 9.17) is 11.2 Å². The van der Waals surface area contributed by atoms with Crippen molar-refractivity contribution in [2.24, 2.45) is 17.8 Å². The summed E-state index contributed by atoms with van der Waals surface area (Å²) in [7, 11) is 0. The highest BCUT2D eigenvalue weighted by molar-refractivity contribution is 5.97. The van der Waals surface area contributed by atoms with E-state index < -0.39 is 47.9 Å². The van der Waals surface area contributed by atoms with Gasteiger partial charge in [0.25, 0.3) is 5.91 Å². The van der Waals surface area contributed by atoms with Crippen molar-refractivity contribution in [2.45, 2.75) is 57.7 Å². The number of aliphatic carboxylic acids is 1. The Hall–Kier alpha value is -2.56. The molecule has 3 N–H and O–H groups in total. The maximum Gasteiger partial charge on any atom is 0.326 e. The molecule has 4 atom stereocenters. The Morgan fingerprint density at radius 2 is 1.96 bits per heavy atom. The molecule has 0 spiro atoms. The second-order valence-corrected chi connectivity index (χ2v) is 7.11. The van der Waals surface area contributed by atoms with Crippen LogP contribution < -0.4 is 10.6 Å². The van der Waals surface area contributed by atoms with Crippen LogP contribution in [0.1, 0.15) is 39.5 Å². The first kappa shape index (κ1) is 19.8. The van der Waals surface area contributed by atoms with Crippen LogP contribution in [0.25, 0.3) is 0 Å². The van der Waals surface area contributed by atoms with Crippen molar-refractivity contribution in [3.8, 4) is 12.3 Å². The lowest BCUT2D eigenvalue weighted by atomic mass is 9.79. The fourth-order valence-corrected chi connectivity index (χ4v) is 3.16. The molecule has 0 unspecified atom stereocenters. The number of hydrogen-bond donors (Lipinski definition) is 3. The summed E-state index contributed by atoms with van der Waals surface area (Å²) in [5.41, 5.74) is 0. The molecule has 1 saturated carbocycles. The van der Waals surface area contributed by atoms with Gasteiger partial charge in [-0.2, -0.15) is 0 Å². The summed E-state index contributed by atoms with van der Waals surface area (Å²) in [5.74, 6) is -1.27. The maximum atomic E-state index is 12.4. The summed E-state index contributed by atoms with van der Waals surface area (Å²) in [6.07, 6.45) is 6.61. The Morgan fingerprint density at radius 1 is 1.31 bits per heavy atom. The maximum absolute atomic E-state index is 12.4. The summed E-state index contributed by atoms with van der Waals surface area (Å²) < 4.78 is 4.89. The van der Waals surface area contributed by atoms with Crippen LogP contribution in [0.2, 0.25) is 0 Å². The molecule has 0 bridgehead atoms. The second kappa shape index (κ2) is 8.21. The van der Waals surface area contributed by atoms with Gasteiger partial charge in [-0.25, -0.2) is 4.79 Å². The van der Waals surface area contributed by atoms with Crippen LogP contribution in [0.4, 0.5) is 0 Å². The van der Waals surface area contributed by atoms with Crippen LogP contribution in [0, 0.1) is 30.1 Å². The quantitative estimate of drug-likeness (QED) is 0.414. The van der Waals surface area contributed by atoms with Crippen LogP contribution in [-0.2, 0) is 23.9 Å². The standard InChI is InChI=1S/C18H24N2O6/c1-4-6-11(15(21)20-13(17(23)24)10-7-5-8-10)19-16(22)14-12(9(2)3)18(25)26-14/h1,9-14H,5-8H2,2-3H3,(H,19,22)(H,20,21)(H,23,24)/t11-,12-,13-,14+/m0/s1. The van der Waals surface area contributed by atoms with Gasteiger partial charge in [-0.15, -0.1) is 12.3 Å². The largest absolute Gasteiger partial charge is 0.480 e. The number of rotatable bonds is 8. The number of carbonyl (C=O) groups is 4. The fourth-order valence-electron chi connectivity index (χ4n) is 3.16. The van der Waals surface area contributed by atoms with Crippen molar-refractivity contribution in [2.75, 3.05) is 0 Å². The van der Waals surface area contributed by atoms with Crippen molar-refractivity contribution in [3.63, 3.8) is 0 Å². The molecule has 0 aromatic carbocycles. The summed E-state index contributed by atoms with van der Waals surface area (Å²) in [6, 6.07) is -2.08. The van der Waals surface area contributed by atoms with Gasteiger partial charge in [0.05, 0.1) is 0 Å². The van der Waals surface area contributed by atoms with Crippen LogP contribution in [-0.4, -0.2) is 47.0 Å². The Kier molecular flexibility index (Phi) is 6.24. The van der Waals surface area contributed by atoms with Gasteiger partial charge in [0.2, 0.25) is 5.91 Å². The predicted octanol–water partition coefficient (Wildman–Crippen LogP) is 0.0616. The van der Waals surface area contributed by atoms with E-state index in [-0.39, 0.29) is 18.3 Å². The number of ether oxygens (including phenoxy) is 1. The Balaban J connectivity index is 2.00. The Bertz CT molecular complexity index is 634. The minimum atomic E-state index is -1.11. The average Bonchev–Trinajstić information content (AvgIpc) is 2.48. The molecule has 2 rings (SSSR count). The van der Waals surface area contributed by atoms with Gasteiger partial charge in [-0.3, -0.25) is 14.4 Å². The molecule has 2 aliphatic rings. The molecule has 8 nitrogen and oxygen atoms in total. The van der Waals surface area contributed by atoms with E-state index in [1.807, 2.05) is 0 Å². The van der Waals surface area contributed by atoms with Gasteiger partial charge in [0.1, 0.15) is 18.0 Å². The third kappa shape index (κ3) is 4.15. The number of carboxylic acids is 1. The van der Waals surface area contributed by atoms with Crippen molar-refractivity contribution in [3.05, 3.63) is 0 Å². The first-order chi connectivity index (χ1) is 12.3. The molecule has 0 aromatic heterocycles. The van der Waals surface area contributed by atoms with E-state index in [2.05, 4.69) is 16.6 Å². The van der Waals surface area contributed by atoms with Crippen LogP contribution in [0.3, 0.4) is 0 Å². The SMILES string of the molecule is C#CC[C@H](NC(=O)[C@@H]1OC(=O)[C@H]1C(C)C)C(=O)N[C@H](C(=O)O)C1CCC1. The average molecular weight is 364 g/mol.